The van der Waals surface area contributed by atoms with E-state index < -0.39 is 0 Å². The zero-order valence-corrected chi connectivity index (χ0v) is 13.0. The predicted molar refractivity (Wildman–Crippen MR) is 83.7 cm³/mol. The van der Waals surface area contributed by atoms with Crippen molar-refractivity contribution < 1.29 is 13.9 Å². The van der Waals surface area contributed by atoms with Gasteiger partial charge in [0.2, 0.25) is 12.3 Å². The Morgan fingerprint density at radius 1 is 1.09 bits per heavy atom. The largest absolute Gasteiger partial charge is 0.485 e. The molecule has 3 rings (SSSR count). The summed E-state index contributed by atoms with van der Waals surface area (Å²) in [6, 6.07) is 14.3. The van der Waals surface area contributed by atoms with Crippen LogP contribution in [-0.2, 0) is 0 Å². The number of hydrogen-bond acceptors (Lipinski definition) is 5. The van der Waals surface area contributed by atoms with Crippen molar-refractivity contribution in [1.29, 1.82) is 0 Å². The highest BCUT2D eigenvalue weighted by atomic mass is 79.9. The number of benzene rings is 2. The fourth-order valence-corrected chi connectivity index (χ4v) is 2.12. The van der Waals surface area contributed by atoms with E-state index in [0.29, 0.717) is 17.2 Å². The predicted octanol–water partition coefficient (Wildman–Crippen LogP) is 3.76. The Bertz CT molecular complexity index is 753. The van der Waals surface area contributed by atoms with Gasteiger partial charge in [-0.2, -0.15) is 0 Å². The van der Waals surface area contributed by atoms with Gasteiger partial charge in [-0.15, -0.1) is 10.2 Å². The Kier molecular flexibility index (Phi) is 4.29. The lowest BCUT2D eigenvalue weighted by Gasteiger charge is -2.06. The van der Waals surface area contributed by atoms with Crippen LogP contribution in [0.4, 0.5) is 0 Å². The summed E-state index contributed by atoms with van der Waals surface area (Å²) in [7, 11) is 0. The quantitative estimate of drug-likeness (QED) is 0.649. The van der Waals surface area contributed by atoms with Crippen molar-refractivity contribution >= 4 is 21.7 Å². The first kappa shape index (κ1) is 14.5. The first-order chi connectivity index (χ1) is 10.7. The van der Waals surface area contributed by atoms with Crippen molar-refractivity contribution in [2.45, 2.75) is 0 Å². The van der Waals surface area contributed by atoms with E-state index in [1.807, 2.05) is 12.1 Å². The average molecular weight is 359 g/mol. The van der Waals surface area contributed by atoms with E-state index in [1.165, 1.54) is 6.39 Å². The smallest absolute Gasteiger partial charge is 0.247 e. The molecule has 0 atom stereocenters. The van der Waals surface area contributed by atoms with Crippen LogP contribution in [0.5, 0.6) is 5.75 Å². The summed E-state index contributed by atoms with van der Waals surface area (Å²) in [6.07, 6.45) is 1.27. The van der Waals surface area contributed by atoms with E-state index in [1.54, 1.807) is 36.4 Å². The number of carbonyl (C=O) groups excluding carboxylic acids is 1. The second-order valence-corrected chi connectivity index (χ2v) is 5.40. The number of ketones is 1. The molecule has 2 aromatic carbocycles. The van der Waals surface area contributed by atoms with Crippen molar-refractivity contribution in [3.05, 3.63) is 65.0 Å². The number of nitrogens with zero attached hydrogens (tertiary/aromatic N) is 2. The molecule has 22 heavy (non-hydrogen) atoms. The molecule has 6 heteroatoms. The maximum absolute atomic E-state index is 12.0. The van der Waals surface area contributed by atoms with Crippen molar-refractivity contribution in [3.8, 4) is 17.2 Å². The second-order valence-electron chi connectivity index (χ2n) is 4.49. The van der Waals surface area contributed by atoms with Gasteiger partial charge >= 0.3 is 0 Å². The van der Waals surface area contributed by atoms with Crippen LogP contribution in [0.25, 0.3) is 11.5 Å². The summed E-state index contributed by atoms with van der Waals surface area (Å²) in [5.41, 5.74) is 1.41. The highest BCUT2D eigenvalue weighted by Crippen LogP contribution is 2.20. The van der Waals surface area contributed by atoms with Crippen molar-refractivity contribution in [2.24, 2.45) is 0 Å². The third kappa shape index (κ3) is 3.40. The molecule has 0 unspecified atom stereocenters. The van der Waals surface area contributed by atoms with Gasteiger partial charge in [0.05, 0.1) is 0 Å². The van der Waals surface area contributed by atoms with Crippen LogP contribution < -0.4 is 4.74 Å². The number of carbonyl (C=O) groups is 1. The third-order valence-electron chi connectivity index (χ3n) is 3.00. The maximum atomic E-state index is 12.0. The molecule has 3 aromatic rings. The Morgan fingerprint density at radius 2 is 1.82 bits per heavy atom. The first-order valence-corrected chi connectivity index (χ1v) is 7.30. The molecule has 0 radical (unpaired) electrons. The van der Waals surface area contributed by atoms with E-state index >= 15 is 0 Å². The normalized spacial score (nSPS) is 10.4. The molecule has 1 aromatic heterocycles. The van der Waals surface area contributed by atoms with Gasteiger partial charge in [-0.3, -0.25) is 4.79 Å². The molecule has 0 spiro atoms. The molecule has 0 aliphatic rings. The second kappa shape index (κ2) is 6.53. The molecule has 5 nitrogen and oxygen atoms in total. The van der Waals surface area contributed by atoms with E-state index in [9.17, 15) is 4.79 Å². The van der Waals surface area contributed by atoms with Gasteiger partial charge in [-0.25, -0.2) is 0 Å². The monoisotopic (exact) mass is 358 g/mol. The molecule has 0 saturated heterocycles. The Morgan fingerprint density at radius 3 is 2.45 bits per heavy atom. The zero-order valence-electron chi connectivity index (χ0n) is 11.4. The number of ether oxygens (including phenoxy) is 1. The summed E-state index contributed by atoms with van der Waals surface area (Å²) >= 11 is 3.33. The lowest BCUT2D eigenvalue weighted by Crippen LogP contribution is -2.11. The fraction of sp³-hybridized carbons (Fsp3) is 0.0625. The van der Waals surface area contributed by atoms with Crippen LogP contribution in [-0.4, -0.2) is 22.6 Å². The van der Waals surface area contributed by atoms with Crippen LogP contribution in [0, 0.1) is 0 Å². The molecule has 0 N–H and O–H groups in total. The molecule has 0 aliphatic carbocycles. The number of rotatable bonds is 5. The first-order valence-electron chi connectivity index (χ1n) is 6.50. The minimum Gasteiger partial charge on any atom is -0.485 e. The SMILES string of the molecule is O=C(COc1ccc(-c2nnco2)cc1)c1ccc(Br)cc1. The highest BCUT2D eigenvalue weighted by molar-refractivity contribution is 9.10. The Balaban J connectivity index is 1.61. The van der Waals surface area contributed by atoms with Gasteiger partial charge in [0.1, 0.15) is 5.75 Å². The summed E-state index contributed by atoms with van der Waals surface area (Å²) in [4.78, 5) is 12.0. The topological polar surface area (TPSA) is 65.2 Å². The van der Waals surface area contributed by atoms with Gasteiger partial charge in [0, 0.05) is 15.6 Å². The van der Waals surface area contributed by atoms with Crippen LogP contribution in [0.3, 0.4) is 0 Å². The summed E-state index contributed by atoms with van der Waals surface area (Å²) < 4.78 is 11.5. The molecule has 1 heterocycles. The minimum absolute atomic E-state index is 0.0124. The molecular formula is C16H11BrN2O3. The van der Waals surface area contributed by atoms with Gasteiger partial charge in [-0.05, 0) is 36.4 Å². The Hall–Kier alpha value is -2.47. The number of Topliss-reactive ketones (excluding diaryl/α,β-unsaturated/α-hetero) is 1. The summed E-state index contributed by atoms with van der Waals surface area (Å²) in [6.45, 7) is -0.0124. The number of hydrogen-bond donors (Lipinski definition) is 0. The van der Waals surface area contributed by atoms with E-state index in [0.717, 1.165) is 10.0 Å². The molecule has 0 saturated carbocycles. The Labute approximate surface area is 135 Å². The van der Waals surface area contributed by atoms with Crippen molar-refractivity contribution in [3.63, 3.8) is 0 Å². The molecule has 0 bridgehead atoms. The molecular weight excluding hydrogens is 348 g/mol. The fourth-order valence-electron chi connectivity index (χ4n) is 1.86. The highest BCUT2D eigenvalue weighted by Gasteiger charge is 2.08. The maximum Gasteiger partial charge on any atom is 0.247 e. The zero-order chi connectivity index (χ0) is 15.4. The third-order valence-corrected chi connectivity index (χ3v) is 3.53. The average Bonchev–Trinajstić information content (AvgIpc) is 3.08. The van der Waals surface area contributed by atoms with E-state index in [4.69, 9.17) is 9.15 Å². The lowest BCUT2D eigenvalue weighted by atomic mass is 10.1. The molecule has 0 amide bonds. The summed E-state index contributed by atoms with van der Waals surface area (Å²) in [5, 5.41) is 7.45. The molecule has 0 fully saturated rings. The van der Waals surface area contributed by atoms with Gasteiger partial charge in [0.15, 0.2) is 12.4 Å². The number of halogens is 1. The van der Waals surface area contributed by atoms with Crippen LogP contribution in [0.2, 0.25) is 0 Å². The van der Waals surface area contributed by atoms with Crippen LogP contribution >= 0.6 is 15.9 Å². The van der Waals surface area contributed by atoms with Crippen LogP contribution in [0.15, 0.2) is 63.8 Å². The number of aromatic nitrogens is 2. The molecule has 0 aliphatic heterocycles. The summed E-state index contributed by atoms with van der Waals surface area (Å²) in [5.74, 6) is 0.972. The van der Waals surface area contributed by atoms with Gasteiger partial charge in [-0.1, -0.05) is 28.1 Å². The standard InChI is InChI=1S/C16H11BrN2O3/c17-13-5-1-11(2-6-13)15(20)9-21-14-7-3-12(4-8-14)16-19-18-10-22-16/h1-8,10H,9H2. The van der Waals surface area contributed by atoms with Crippen LogP contribution in [0.1, 0.15) is 10.4 Å². The van der Waals surface area contributed by atoms with Crippen molar-refractivity contribution in [1.82, 2.24) is 10.2 Å². The van der Waals surface area contributed by atoms with Gasteiger partial charge < -0.3 is 9.15 Å². The molecule has 110 valence electrons. The van der Waals surface area contributed by atoms with Gasteiger partial charge in [0.25, 0.3) is 0 Å². The lowest BCUT2D eigenvalue weighted by molar-refractivity contribution is 0.0921. The van der Waals surface area contributed by atoms with E-state index in [-0.39, 0.29) is 12.4 Å². The van der Waals surface area contributed by atoms with Crippen molar-refractivity contribution in [2.75, 3.05) is 6.61 Å². The van der Waals surface area contributed by atoms with E-state index in [2.05, 4.69) is 26.1 Å². The minimum atomic E-state index is -0.0755.